The van der Waals surface area contributed by atoms with Gasteiger partial charge in [-0.25, -0.2) is 0 Å². The second-order valence-electron chi connectivity index (χ2n) is 4.25. The van der Waals surface area contributed by atoms with E-state index >= 15 is 0 Å². The fourth-order valence-corrected chi connectivity index (χ4v) is 2.38. The van der Waals surface area contributed by atoms with Gasteiger partial charge in [-0.05, 0) is 21.2 Å². The predicted octanol–water partition coefficient (Wildman–Crippen LogP) is 5.72. The van der Waals surface area contributed by atoms with Crippen LogP contribution in [0, 0.1) is 0 Å². The Morgan fingerprint density at radius 2 is 1.19 bits per heavy atom. The number of halogens is 3. The first-order chi connectivity index (χ1) is 7.56. The van der Waals surface area contributed by atoms with Gasteiger partial charge in [-0.3, -0.25) is 0 Å². The van der Waals surface area contributed by atoms with Crippen molar-refractivity contribution in [2.45, 2.75) is 70.6 Å². The first-order valence-electron chi connectivity index (χ1n) is 6.38. The van der Waals surface area contributed by atoms with Crippen molar-refractivity contribution in [3.63, 3.8) is 0 Å². The monoisotopic (exact) mass is 256 g/mol. The second-order valence-corrected chi connectivity index (χ2v) is 5.67. The first-order valence-corrected chi connectivity index (χ1v) is 7.58. The van der Waals surface area contributed by atoms with E-state index in [0.717, 1.165) is 19.3 Å². The van der Waals surface area contributed by atoms with Crippen molar-refractivity contribution >= 4 is 8.58 Å². The molecule has 0 fully saturated rings. The van der Waals surface area contributed by atoms with Crippen LogP contribution in [0.1, 0.15) is 64.7 Å². The summed E-state index contributed by atoms with van der Waals surface area (Å²) in [6, 6.07) is 0. The Morgan fingerprint density at radius 3 is 1.62 bits per heavy atom. The Morgan fingerprint density at radius 1 is 0.750 bits per heavy atom. The Balaban J connectivity index is 2.99. The molecule has 0 aliphatic rings. The fraction of sp³-hybridized carbons (Fsp3) is 1.00. The number of rotatable bonds is 10. The molecule has 0 rings (SSSR count). The third kappa shape index (κ3) is 14.2. The largest absolute Gasteiger partial charge is 0.402 e. The molecule has 4 heteroatoms. The van der Waals surface area contributed by atoms with E-state index in [9.17, 15) is 13.2 Å². The van der Waals surface area contributed by atoms with E-state index < -0.39 is 14.5 Å². The van der Waals surface area contributed by atoms with Gasteiger partial charge in [0.05, 0.1) is 0 Å². The Kier molecular flexibility index (Phi) is 10.5. The van der Waals surface area contributed by atoms with Gasteiger partial charge in [0.2, 0.25) is 0 Å². The van der Waals surface area contributed by atoms with E-state index in [1.165, 1.54) is 38.5 Å². The molecule has 0 aliphatic carbocycles. The van der Waals surface area contributed by atoms with Crippen molar-refractivity contribution in [2.75, 3.05) is 6.16 Å². The Hall–Kier alpha value is 0.220. The minimum absolute atomic E-state index is 0.333. The van der Waals surface area contributed by atoms with Gasteiger partial charge in [0.15, 0.2) is 0 Å². The first kappa shape index (κ1) is 16.2. The zero-order valence-corrected chi connectivity index (χ0v) is 11.2. The van der Waals surface area contributed by atoms with Gasteiger partial charge >= 0.3 is 5.92 Å². The average Bonchev–Trinajstić information content (AvgIpc) is 2.19. The minimum Gasteiger partial charge on any atom is -0.167 e. The van der Waals surface area contributed by atoms with E-state index in [-0.39, 0.29) is 0 Å². The lowest BCUT2D eigenvalue weighted by atomic mass is 10.1. The molecule has 16 heavy (non-hydrogen) atoms. The zero-order chi connectivity index (χ0) is 12.3. The maximum atomic E-state index is 11.8. The molecule has 0 aliphatic heterocycles. The summed E-state index contributed by atoms with van der Waals surface area (Å²) in [5.74, 6) is -3.93. The van der Waals surface area contributed by atoms with Crippen LogP contribution in [-0.4, -0.2) is 12.1 Å². The third-order valence-corrected chi connectivity index (χ3v) is 3.61. The highest BCUT2D eigenvalue weighted by atomic mass is 31.1. The van der Waals surface area contributed by atoms with Gasteiger partial charge in [-0.1, -0.05) is 58.3 Å². The SMILES string of the molecule is CCCCCCCCCCCPC(F)(F)F. The molecular weight excluding hydrogens is 232 g/mol. The lowest BCUT2D eigenvalue weighted by Crippen LogP contribution is -1.98. The topological polar surface area (TPSA) is 0 Å². The van der Waals surface area contributed by atoms with Crippen LogP contribution in [-0.2, 0) is 0 Å². The quantitative estimate of drug-likeness (QED) is 0.346. The van der Waals surface area contributed by atoms with Crippen LogP contribution in [0.2, 0.25) is 0 Å². The predicted molar refractivity (Wildman–Crippen MR) is 66.5 cm³/mol. The van der Waals surface area contributed by atoms with Gasteiger partial charge in [0.25, 0.3) is 0 Å². The zero-order valence-electron chi connectivity index (χ0n) is 10.2. The van der Waals surface area contributed by atoms with Crippen molar-refractivity contribution in [3.05, 3.63) is 0 Å². The van der Waals surface area contributed by atoms with Crippen LogP contribution in [0.25, 0.3) is 0 Å². The van der Waals surface area contributed by atoms with E-state index in [1.807, 2.05) is 0 Å². The van der Waals surface area contributed by atoms with Crippen molar-refractivity contribution < 1.29 is 13.2 Å². The molecule has 1 unspecified atom stereocenters. The molecule has 0 aromatic rings. The molecule has 0 spiro atoms. The molecule has 98 valence electrons. The number of hydrogen-bond acceptors (Lipinski definition) is 0. The van der Waals surface area contributed by atoms with Crippen LogP contribution < -0.4 is 0 Å². The van der Waals surface area contributed by atoms with Crippen molar-refractivity contribution in [1.29, 1.82) is 0 Å². The summed E-state index contributed by atoms with van der Waals surface area (Å²) >= 11 is 0. The lowest BCUT2D eigenvalue weighted by Gasteiger charge is -2.05. The van der Waals surface area contributed by atoms with Crippen molar-refractivity contribution in [3.8, 4) is 0 Å². The number of hydrogen-bond donors (Lipinski definition) is 0. The molecule has 0 aromatic heterocycles. The third-order valence-electron chi connectivity index (χ3n) is 2.61. The maximum absolute atomic E-state index is 11.8. The summed E-state index contributed by atoms with van der Waals surface area (Å²) in [6.07, 6.45) is 10.8. The van der Waals surface area contributed by atoms with Crippen LogP contribution in [0.4, 0.5) is 13.2 Å². The molecular formula is C12H24F3P. The Labute approximate surface area is 99.2 Å². The van der Waals surface area contributed by atoms with Gasteiger partial charge in [-0.15, -0.1) is 0 Å². The van der Waals surface area contributed by atoms with Crippen LogP contribution in [0.3, 0.4) is 0 Å². The molecule has 0 N–H and O–H groups in total. The molecule has 0 bridgehead atoms. The normalized spacial score (nSPS) is 12.8. The number of unbranched alkanes of at least 4 members (excludes halogenated alkanes) is 8. The molecule has 1 atom stereocenters. The van der Waals surface area contributed by atoms with Crippen LogP contribution >= 0.6 is 8.58 Å². The summed E-state index contributed by atoms with van der Waals surface area (Å²) in [5, 5.41) is 0. The van der Waals surface area contributed by atoms with Gasteiger partial charge in [0.1, 0.15) is 0 Å². The van der Waals surface area contributed by atoms with E-state index in [1.54, 1.807) is 0 Å². The summed E-state index contributed by atoms with van der Waals surface area (Å²) in [4.78, 5) is 0. The summed E-state index contributed by atoms with van der Waals surface area (Å²) in [5.41, 5.74) is 0. The molecule has 0 aromatic carbocycles. The van der Waals surface area contributed by atoms with Crippen molar-refractivity contribution in [2.24, 2.45) is 0 Å². The highest BCUT2D eigenvalue weighted by molar-refractivity contribution is 7.39. The minimum atomic E-state index is -3.93. The van der Waals surface area contributed by atoms with Gasteiger partial charge in [0, 0.05) is 0 Å². The molecule has 0 radical (unpaired) electrons. The standard InChI is InChI=1S/C12H24F3P/c1-2-3-4-5-6-7-8-9-10-11-16-12(13,14)15/h16H,2-11H2,1H3. The van der Waals surface area contributed by atoms with E-state index in [0.29, 0.717) is 6.16 Å². The average molecular weight is 256 g/mol. The molecule has 0 saturated heterocycles. The smallest absolute Gasteiger partial charge is 0.167 e. The molecule has 0 saturated carbocycles. The molecule has 0 nitrogen and oxygen atoms in total. The summed E-state index contributed by atoms with van der Waals surface area (Å²) < 4.78 is 35.4. The number of alkyl halides is 3. The maximum Gasteiger partial charge on any atom is 0.402 e. The van der Waals surface area contributed by atoms with E-state index in [4.69, 9.17) is 0 Å². The Bertz CT molecular complexity index is 146. The van der Waals surface area contributed by atoms with Crippen molar-refractivity contribution in [1.82, 2.24) is 0 Å². The summed E-state index contributed by atoms with van der Waals surface area (Å²) in [7, 11) is -0.846. The van der Waals surface area contributed by atoms with Crippen LogP contribution in [0.15, 0.2) is 0 Å². The fourth-order valence-electron chi connectivity index (χ4n) is 1.67. The highest BCUT2D eigenvalue weighted by Gasteiger charge is 2.25. The van der Waals surface area contributed by atoms with Crippen LogP contribution in [0.5, 0.6) is 0 Å². The van der Waals surface area contributed by atoms with E-state index in [2.05, 4.69) is 6.92 Å². The van der Waals surface area contributed by atoms with Gasteiger partial charge < -0.3 is 0 Å². The molecule has 0 amide bonds. The summed E-state index contributed by atoms with van der Waals surface area (Å²) in [6.45, 7) is 2.20. The highest BCUT2D eigenvalue weighted by Crippen LogP contribution is 2.36. The lowest BCUT2D eigenvalue weighted by molar-refractivity contribution is -0.0371. The second kappa shape index (κ2) is 10.4. The van der Waals surface area contributed by atoms with Gasteiger partial charge in [-0.2, -0.15) is 13.2 Å². The molecule has 0 heterocycles.